The minimum Gasteiger partial charge on any atom is -0.496 e. The molecule has 0 aliphatic carbocycles. The van der Waals surface area contributed by atoms with Gasteiger partial charge in [-0.15, -0.1) is 0 Å². The summed E-state index contributed by atoms with van der Waals surface area (Å²) < 4.78 is 5.44. The fraction of sp³-hybridized carbons (Fsp3) is 0.571. The van der Waals surface area contributed by atoms with Gasteiger partial charge in [-0.05, 0) is 30.9 Å². The summed E-state index contributed by atoms with van der Waals surface area (Å²) in [6, 6.07) is 3.91. The molecule has 0 heterocycles. The Bertz CT molecular complexity index is 401. The van der Waals surface area contributed by atoms with Crippen molar-refractivity contribution in [3.05, 3.63) is 28.8 Å². The highest BCUT2D eigenvalue weighted by Gasteiger charge is 2.35. The molecule has 0 fully saturated rings. The van der Waals surface area contributed by atoms with E-state index < -0.39 is 5.60 Å². The van der Waals surface area contributed by atoms with E-state index in [1.807, 2.05) is 39.8 Å². The zero-order valence-electron chi connectivity index (χ0n) is 11.4. The maximum Gasteiger partial charge on any atom is 0.128 e. The molecular weight excluding hydrogens is 214 g/mol. The van der Waals surface area contributed by atoms with Crippen LogP contribution in [0.25, 0.3) is 0 Å². The first-order valence-corrected chi connectivity index (χ1v) is 5.95. The average molecular weight is 237 g/mol. The van der Waals surface area contributed by atoms with Crippen LogP contribution in [0.5, 0.6) is 5.75 Å². The number of ether oxygens (including phenoxy) is 1. The molecule has 0 aromatic heterocycles. The molecule has 1 atom stereocenters. The van der Waals surface area contributed by atoms with Crippen molar-refractivity contribution in [3.8, 4) is 5.75 Å². The molecule has 0 spiro atoms. The highest BCUT2D eigenvalue weighted by Crippen LogP contribution is 2.37. The molecule has 0 aliphatic heterocycles. The highest BCUT2D eigenvalue weighted by atomic mass is 16.5. The van der Waals surface area contributed by atoms with Gasteiger partial charge in [0.2, 0.25) is 0 Å². The fourth-order valence-electron chi connectivity index (χ4n) is 2.05. The molecule has 3 nitrogen and oxygen atoms in total. The molecule has 3 N–H and O–H groups in total. The summed E-state index contributed by atoms with van der Waals surface area (Å²) in [4.78, 5) is 0. The number of nitrogens with two attached hydrogens (primary N) is 1. The minimum atomic E-state index is -1.04. The van der Waals surface area contributed by atoms with Crippen LogP contribution >= 0.6 is 0 Å². The van der Waals surface area contributed by atoms with Crippen LogP contribution in [0.3, 0.4) is 0 Å². The van der Waals surface area contributed by atoms with Gasteiger partial charge in [0, 0.05) is 12.1 Å². The van der Waals surface area contributed by atoms with Crippen LogP contribution in [-0.4, -0.2) is 18.8 Å². The second-order valence-electron chi connectivity index (χ2n) is 4.87. The molecule has 0 radical (unpaired) electrons. The molecule has 0 saturated heterocycles. The fourth-order valence-corrected chi connectivity index (χ4v) is 2.05. The lowest BCUT2D eigenvalue weighted by Crippen LogP contribution is -2.40. The van der Waals surface area contributed by atoms with E-state index in [1.54, 1.807) is 7.11 Å². The number of rotatable bonds is 4. The van der Waals surface area contributed by atoms with E-state index in [9.17, 15) is 5.11 Å². The van der Waals surface area contributed by atoms with Crippen molar-refractivity contribution in [2.45, 2.75) is 33.3 Å². The first kappa shape index (κ1) is 14.0. The Morgan fingerprint density at radius 3 is 2.35 bits per heavy atom. The Hall–Kier alpha value is -1.06. The summed E-state index contributed by atoms with van der Waals surface area (Å²) >= 11 is 0. The van der Waals surface area contributed by atoms with Crippen molar-refractivity contribution in [2.24, 2.45) is 11.7 Å². The lowest BCUT2D eigenvalue weighted by molar-refractivity contribution is -0.00322. The van der Waals surface area contributed by atoms with Crippen LogP contribution in [0.2, 0.25) is 0 Å². The van der Waals surface area contributed by atoms with Crippen molar-refractivity contribution >= 4 is 0 Å². The van der Waals surface area contributed by atoms with Gasteiger partial charge in [-0.25, -0.2) is 0 Å². The zero-order valence-corrected chi connectivity index (χ0v) is 11.4. The van der Waals surface area contributed by atoms with Gasteiger partial charge in [0.1, 0.15) is 11.4 Å². The van der Waals surface area contributed by atoms with Gasteiger partial charge < -0.3 is 15.6 Å². The average Bonchev–Trinajstić information content (AvgIpc) is 2.31. The van der Waals surface area contributed by atoms with Crippen LogP contribution in [0.15, 0.2) is 12.1 Å². The zero-order chi connectivity index (χ0) is 13.2. The molecule has 0 saturated carbocycles. The van der Waals surface area contributed by atoms with Crippen LogP contribution in [0.4, 0.5) is 0 Å². The van der Waals surface area contributed by atoms with Gasteiger partial charge in [-0.2, -0.15) is 0 Å². The molecule has 17 heavy (non-hydrogen) atoms. The van der Waals surface area contributed by atoms with Gasteiger partial charge in [0.25, 0.3) is 0 Å². The van der Waals surface area contributed by atoms with Crippen molar-refractivity contribution < 1.29 is 9.84 Å². The largest absolute Gasteiger partial charge is 0.496 e. The Morgan fingerprint density at radius 2 is 1.94 bits per heavy atom. The van der Waals surface area contributed by atoms with Crippen molar-refractivity contribution in [1.82, 2.24) is 0 Å². The van der Waals surface area contributed by atoms with Gasteiger partial charge in [0.05, 0.1) is 7.11 Å². The summed E-state index contributed by atoms with van der Waals surface area (Å²) in [5.41, 5.74) is 7.69. The second-order valence-corrected chi connectivity index (χ2v) is 4.87. The monoisotopic (exact) mass is 237 g/mol. The molecular formula is C14H23NO2. The van der Waals surface area contributed by atoms with E-state index in [4.69, 9.17) is 10.5 Å². The van der Waals surface area contributed by atoms with E-state index in [-0.39, 0.29) is 12.5 Å². The van der Waals surface area contributed by atoms with Crippen LogP contribution < -0.4 is 10.5 Å². The number of hydrogen-bond acceptors (Lipinski definition) is 3. The van der Waals surface area contributed by atoms with E-state index in [2.05, 4.69) is 0 Å². The number of aliphatic hydroxyl groups is 1. The first-order valence-electron chi connectivity index (χ1n) is 5.95. The molecule has 1 rings (SSSR count). The molecule has 3 heteroatoms. The van der Waals surface area contributed by atoms with E-state index in [0.717, 1.165) is 22.4 Å². The predicted octanol–water partition coefficient (Wildman–Crippen LogP) is 2.11. The Morgan fingerprint density at radius 1 is 1.35 bits per heavy atom. The smallest absolute Gasteiger partial charge is 0.128 e. The number of methoxy groups -OCH3 is 1. The normalized spacial score (nSPS) is 14.8. The second kappa shape index (κ2) is 5.07. The van der Waals surface area contributed by atoms with Gasteiger partial charge in [-0.3, -0.25) is 0 Å². The number of hydrogen-bond donors (Lipinski definition) is 2. The standard InChI is InChI=1S/C14H23NO2/c1-9(2)14(16,8-15)12-7-6-10(3)11(4)13(12)17-5/h6-7,9,16H,8,15H2,1-5H3. The predicted molar refractivity (Wildman–Crippen MR) is 70.3 cm³/mol. The number of aryl methyl sites for hydroxylation is 1. The lowest BCUT2D eigenvalue weighted by Gasteiger charge is -2.33. The molecule has 0 amide bonds. The molecule has 1 aromatic carbocycles. The van der Waals surface area contributed by atoms with Gasteiger partial charge in [-0.1, -0.05) is 26.0 Å². The molecule has 1 aromatic rings. The van der Waals surface area contributed by atoms with Crippen molar-refractivity contribution in [1.29, 1.82) is 0 Å². The highest BCUT2D eigenvalue weighted by molar-refractivity contribution is 5.48. The molecule has 0 aliphatic rings. The summed E-state index contributed by atoms with van der Waals surface area (Å²) in [7, 11) is 1.63. The Labute approximate surface area is 104 Å². The third-order valence-corrected chi connectivity index (χ3v) is 3.61. The van der Waals surface area contributed by atoms with Crippen LogP contribution in [-0.2, 0) is 5.60 Å². The molecule has 1 unspecified atom stereocenters. The lowest BCUT2D eigenvalue weighted by atomic mass is 9.81. The minimum absolute atomic E-state index is 0.0310. The molecule has 96 valence electrons. The summed E-state index contributed by atoms with van der Waals surface area (Å²) in [5, 5.41) is 10.7. The van der Waals surface area contributed by atoms with Crippen molar-refractivity contribution in [3.63, 3.8) is 0 Å². The van der Waals surface area contributed by atoms with E-state index >= 15 is 0 Å². The van der Waals surface area contributed by atoms with Crippen LogP contribution in [0, 0.1) is 19.8 Å². The van der Waals surface area contributed by atoms with E-state index in [1.165, 1.54) is 0 Å². The SMILES string of the molecule is COc1c(C(O)(CN)C(C)C)ccc(C)c1C. The Balaban J connectivity index is 3.45. The maximum atomic E-state index is 10.7. The van der Waals surface area contributed by atoms with Gasteiger partial charge in [0.15, 0.2) is 0 Å². The third kappa shape index (κ3) is 2.31. The van der Waals surface area contributed by atoms with Gasteiger partial charge >= 0.3 is 0 Å². The summed E-state index contributed by atoms with van der Waals surface area (Å²) in [5.74, 6) is 0.773. The topological polar surface area (TPSA) is 55.5 Å². The van der Waals surface area contributed by atoms with Crippen molar-refractivity contribution in [2.75, 3.05) is 13.7 Å². The number of benzene rings is 1. The third-order valence-electron chi connectivity index (χ3n) is 3.61. The first-order chi connectivity index (χ1) is 7.88. The molecule has 0 bridgehead atoms. The maximum absolute atomic E-state index is 10.7. The summed E-state index contributed by atoms with van der Waals surface area (Å²) in [6.07, 6.45) is 0. The Kier molecular flexibility index (Phi) is 4.17. The van der Waals surface area contributed by atoms with E-state index in [0.29, 0.717) is 0 Å². The summed E-state index contributed by atoms with van der Waals surface area (Å²) in [6.45, 7) is 8.12. The van der Waals surface area contributed by atoms with Crippen LogP contribution in [0.1, 0.15) is 30.5 Å². The quantitative estimate of drug-likeness (QED) is 0.843.